The molecule has 0 saturated carbocycles. The normalized spacial score (nSPS) is 34.1. The molecule has 2 fully saturated rings. The van der Waals surface area contributed by atoms with E-state index in [4.69, 9.17) is 10.5 Å². The van der Waals surface area contributed by atoms with E-state index in [0.717, 1.165) is 31.6 Å². The Bertz CT molecular complexity index is 303. The molecule has 3 unspecified atom stereocenters. The lowest BCUT2D eigenvalue weighted by Gasteiger charge is -2.39. The summed E-state index contributed by atoms with van der Waals surface area (Å²) in [7, 11) is 0. The molecule has 0 aromatic heterocycles. The first-order valence-electron chi connectivity index (χ1n) is 6.79. The molecule has 0 aliphatic carbocycles. The van der Waals surface area contributed by atoms with Gasteiger partial charge in [-0.2, -0.15) is 11.8 Å². The van der Waals surface area contributed by atoms with E-state index in [-0.39, 0.29) is 23.5 Å². The highest BCUT2D eigenvalue weighted by Gasteiger charge is 2.41. The Morgan fingerprint density at radius 2 is 2.33 bits per heavy atom. The molecule has 18 heavy (non-hydrogen) atoms. The van der Waals surface area contributed by atoms with Crippen LogP contribution in [0.5, 0.6) is 0 Å². The van der Waals surface area contributed by atoms with Crippen molar-refractivity contribution in [2.45, 2.75) is 50.8 Å². The van der Waals surface area contributed by atoms with Gasteiger partial charge < -0.3 is 15.8 Å². The van der Waals surface area contributed by atoms with Gasteiger partial charge in [-0.1, -0.05) is 13.8 Å². The SMILES string of the molecule is CC(C)C(NC1CCOC2(CCSC2)C1)C(N)=O. The van der Waals surface area contributed by atoms with Crippen LogP contribution in [-0.4, -0.2) is 41.7 Å². The van der Waals surface area contributed by atoms with Crippen LogP contribution in [0.25, 0.3) is 0 Å². The predicted octanol–water partition coefficient (Wildman–Crippen LogP) is 1.14. The van der Waals surface area contributed by atoms with Gasteiger partial charge in [-0.05, 0) is 30.9 Å². The number of carbonyl (C=O) groups excluding carboxylic acids is 1. The van der Waals surface area contributed by atoms with Gasteiger partial charge in [-0.3, -0.25) is 4.79 Å². The molecule has 0 aromatic carbocycles. The van der Waals surface area contributed by atoms with Gasteiger partial charge in [0.1, 0.15) is 0 Å². The quantitative estimate of drug-likeness (QED) is 0.805. The van der Waals surface area contributed by atoms with Crippen molar-refractivity contribution in [2.24, 2.45) is 11.7 Å². The van der Waals surface area contributed by atoms with Gasteiger partial charge in [0.2, 0.25) is 5.91 Å². The Labute approximate surface area is 113 Å². The molecule has 0 radical (unpaired) electrons. The zero-order chi connectivity index (χ0) is 13.2. The van der Waals surface area contributed by atoms with E-state index in [1.54, 1.807) is 0 Å². The first kappa shape index (κ1) is 14.2. The van der Waals surface area contributed by atoms with Crippen LogP contribution in [0.3, 0.4) is 0 Å². The minimum atomic E-state index is -0.244. The number of thioether (sulfide) groups is 1. The smallest absolute Gasteiger partial charge is 0.234 e. The number of hydrogen-bond acceptors (Lipinski definition) is 4. The van der Waals surface area contributed by atoms with Crippen LogP contribution in [-0.2, 0) is 9.53 Å². The van der Waals surface area contributed by atoms with Gasteiger partial charge in [0, 0.05) is 18.4 Å². The zero-order valence-electron chi connectivity index (χ0n) is 11.3. The monoisotopic (exact) mass is 272 g/mol. The van der Waals surface area contributed by atoms with Gasteiger partial charge in [-0.15, -0.1) is 0 Å². The predicted molar refractivity (Wildman–Crippen MR) is 74.6 cm³/mol. The Hall–Kier alpha value is -0.260. The number of nitrogens with two attached hydrogens (primary N) is 1. The van der Waals surface area contributed by atoms with E-state index in [0.29, 0.717) is 6.04 Å². The number of rotatable bonds is 4. The highest BCUT2D eigenvalue weighted by atomic mass is 32.2. The molecule has 2 rings (SSSR count). The third-order valence-corrected chi connectivity index (χ3v) is 5.17. The molecular weight excluding hydrogens is 248 g/mol. The van der Waals surface area contributed by atoms with Gasteiger partial charge >= 0.3 is 0 Å². The average Bonchev–Trinajstić information content (AvgIpc) is 2.73. The van der Waals surface area contributed by atoms with E-state index in [1.165, 1.54) is 5.75 Å². The molecule has 0 aromatic rings. The van der Waals surface area contributed by atoms with Gasteiger partial charge in [0.25, 0.3) is 0 Å². The summed E-state index contributed by atoms with van der Waals surface area (Å²) in [5.41, 5.74) is 5.52. The molecule has 0 bridgehead atoms. The van der Waals surface area contributed by atoms with Gasteiger partial charge in [0.15, 0.2) is 0 Å². The first-order chi connectivity index (χ1) is 8.52. The topological polar surface area (TPSA) is 64.3 Å². The second kappa shape index (κ2) is 5.80. The summed E-state index contributed by atoms with van der Waals surface area (Å²) < 4.78 is 5.98. The van der Waals surface area contributed by atoms with Crippen molar-refractivity contribution in [3.05, 3.63) is 0 Å². The maximum absolute atomic E-state index is 11.5. The van der Waals surface area contributed by atoms with Crippen LogP contribution in [0.2, 0.25) is 0 Å². The molecule has 3 atom stereocenters. The number of amides is 1. The fraction of sp³-hybridized carbons (Fsp3) is 0.923. The van der Waals surface area contributed by atoms with Crippen molar-refractivity contribution in [1.82, 2.24) is 5.32 Å². The number of ether oxygens (including phenoxy) is 1. The third kappa shape index (κ3) is 3.19. The standard InChI is InChI=1S/C13H24N2O2S/c1-9(2)11(12(14)16)15-10-3-5-17-13(7-10)4-6-18-8-13/h9-11,15H,3-8H2,1-2H3,(H2,14,16). The van der Waals surface area contributed by atoms with Crippen molar-refractivity contribution in [2.75, 3.05) is 18.1 Å². The second-order valence-corrected chi connectivity index (χ2v) is 6.92. The summed E-state index contributed by atoms with van der Waals surface area (Å²) in [6.07, 6.45) is 3.12. The van der Waals surface area contributed by atoms with Crippen molar-refractivity contribution < 1.29 is 9.53 Å². The van der Waals surface area contributed by atoms with Crippen LogP contribution in [0.4, 0.5) is 0 Å². The van der Waals surface area contributed by atoms with E-state index < -0.39 is 0 Å². The molecule has 3 N–H and O–H groups in total. The number of nitrogens with one attached hydrogen (secondary N) is 1. The van der Waals surface area contributed by atoms with Crippen LogP contribution < -0.4 is 11.1 Å². The van der Waals surface area contributed by atoms with E-state index in [2.05, 4.69) is 5.32 Å². The largest absolute Gasteiger partial charge is 0.374 e. The number of primary amides is 1. The minimum absolute atomic E-state index is 0.0553. The molecule has 2 saturated heterocycles. The third-order valence-electron chi connectivity index (χ3n) is 3.95. The Morgan fingerprint density at radius 3 is 2.89 bits per heavy atom. The molecule has 1 spiro atoms. The van der Waals surface area contributed by atoms with Crippen LogP contribution in [0, 0.1) is 5.92 Å². The number of hydrogen-bond donors (Lipinski definition) is 2. The summed E-state index contributed by atoms with van der Waals surface area (Å²) in [5, 5.41) is 3.44. The Balaban J connectivity index is 1.94. The second-order valence-electron chi connectivity index (χ2n) is 5.81. The minimum Gasteiger partial charge on any atom is -0.374 e. The maximum atomic E-state index is 11.5. The van der Waals surface area contributed by atoms with E-state index >= 15 is 0 Å². The summed E-state index contributed by atoms with van der Waals surface area (Å²) in [6, 6.07) is 0.136. The molecule has 4 nitrogen and oxygen atoms in total. The van der Waals surface area contributed by atoms with Crippen LogP contribution in [0.1, 0.15) is 33.1 Å². The average molecular weight is 272 g/mol. The van der Waals surface area contributed by atoms with Gasteiger partial charge in [0.05, 0.1) is 11.6 Å². The molecule has 104 valence electrons. The summed E-state index contributed by atoms with van der Waals surface area (Å²) in [6.45, 7) is 4.85. The summed E-state index contributed by atoms with van der Waals surface area (Å²) in [4.78, 5) is 11.5. The van der Waals surface area contributed by atoms with Crippen molar-refractivity contribution in [3.8, 4) is 0 Å². The fourth-order valence-electron chi connectivity index (χ4n) is 2.89. The molecular formula is C13H24N2O2S. The van der Waals surface area contributed by atoms with Crippen molar-refractivity contribution >= 4 is 17.7 Å². The Kier molecular flexibility index (Phi) is 4.56. The highest BCUT2D eigenvalue weighted by molar-refractivity contribution is 7.99. The lowest BCUT2D eigenvalue weighted by molar-refractivity contribution is -0.122. The lowest BCUT2D eigenvalue weighted by Crippen LogP contribution is -2.54. The summed E-state index contributed by atoms with van der Waals surface area (Å²) >= 11 is 1.97. The molecule has 2 aliphatic heterocycles. The fourth-order valence-corrected chi connectivity index (χ4v) is 4.27. The lowest BCUT2D eigenvalue weighted by atomic mass is 9.88. The maximum Gasteiger partial charge on any atom is 0.234 e. The first-order valence-corrected chi connectivity index (χ1v) is 7.95. The number of carbonyl (C=O) groups is 1. The molecule has 2 aliphatic rings. The molecule has 1 amide bonds. The highest BCUT2D eigenvalue weighted by Crippen LogP contribution is 2.38. The van der Waals surface area contributed by atoms with Gasteiger partial charge in [-0.25, -0.2) is 0 Å². The van der Waals surface area contributed by atoms with E-state index in [1.807, 2.05) is 25.6 Å². The van der Waals surface area contributed by atoms with Crippen LogP contribution >= 0.6 is 11.8 Å². The zero-order valence-corrected chi connectivity index (χ0v) is 12.1. The van der Waals surface area contributed by atoms with E-state index in [9.17, 15) is 4.79 Å². The summed E-state index contributed by atoms with van der Waals surface area (Å²) in [5.74, 6) is 2.27. The van der Waals surface area contributed by atoms with Crippen LogP contribution in [0.15, 0.2) is 0 Å². The molecule has 2 heterocycles. The Morgan fingerprint density at radius 1 is 1.56 bits per heavy atom. The molecule has 5 heteroatoms. The van der Waals surface area contributed by atoms with Crippen molar-refractivity contribution in [1.29, 1.82) is 0 Å². The van der Waals surface area contributed by atoms with Crippen molar-refractivity contribution in [3.63, 3.8) is 0 Å².